The van der Waals surface area contributed by atoms with E-state index in [1.54, 1.807) is 7.11 Å². The van der Waals surface area contributed by atoms with Crippen molar-refractivity contribution >= 4 is 16.5 Å². The minimum absolute atomic E-state index is 0.101. The summed E-state index contributed by atoms with van der Waals surface area (Å²) in [4.78, 5) is 2.58. The number of aliphatic hydroxyl groups is 1. The molecule has 1 heterocycles. The average molecular weight is 397 g/mol. The smallest absolute Gasteiger partial charge is 0.119 e. The summed E-state index contributed by atoms with van der Waals surface area (Å²) < 4.78 is 5.31. The first-order valence-electron chi connectivity index (χ1n) is 11.2. The number of nitrogens with zero attached hydrogens (tertiary/aromatic N) is 1. The van der Waals surface area contributed by atoms with E-state index in [9.17, 15) is 5.11 Å². The summed E-state index contributed by atoms with van der Waals surface area (Å²) in [5.41, 5.74) is 1.81. The molecule has 2 aliphatic rings. The highest BCUT2D eigenvalue weighted by Crippen LogP contribution is 2.30. The van der Waals surface area contributed by atoms with Gasteiger partial charge in [-0.25, -0.2) is 0 Å². The van der Waals surface area contributed by atoms with Crippen molar-refractivity contribution in [2.45, 2.75) is 64.5 Å². The summed E-state index contributed by atoms with van der Waals surface area (Å²) >= 11 is 0. The lowest BCUT2D eigenvalue weighted by Gasteiger charge is -2.41. The number of likely N-dealkylation sites (tertiary alicyclic amines) is 1. The molecule has 158 valence electrons. The van der Waals surface area contributed by atoms with Crippen molar-refractivity contribution in [1.82, 2.24) is 4.90 Å². The molecule has 2 aromatic carbocycles. The SMILES string of the molecule is CC.COc1ccc2cc(C(=N)C3CCCN(C4CCC(O)CC4)C3)ccc2c1. The van der Waals surface area contributed by atoms with Crippen molar-refractivity contribution in [1.29, 1.82) is 5.41 Å². The van der Waals surface area contributed by atoms with E-state index in [4.69, 9.17) is 10.1 Å². The van der Waals surface area contributed by atoms with Gasteiger partial charge in [0.1, 0.15) is 5.75 Å². The van der Waals surface area contributed by atoms with Crippen LogP contribution in [0.4, 0.5) is 0 Å². The number of ether oxygens (including phenoxy) is 1. The van der Waals surface area contributed by atoms with Crippen LogP contribution in [0, 0.1) is 11.3 Å². The van der Waals surface area contributed by atoms with Crippen LogP contribution in [0.5, 0.6) is 5.75 Å². The second kappa shape index (κ2) is 10.2. The summed E-state index contributed by atoms with van der Waals surface area (Å²) in [5.74, 6) is 1.17. The Labute approximate surface area is 175 Å². The molecule has 1 atom stereocenters. The van der Waals surface area contributed by atoms with Crippen LogP contribution in [-0.2, 0) is 0 Å². The highest BCUT2D eigenvalue weighted by Gasteiger charge is 2.30. The Kier molecular flexibility index (Phi) is 7.68. The summed E-state index contributed by atoms with van der Waals surface area (Å²) in [6, 6.07) is 13.0. The summed E-state index contributed by atoms with van der Waals surface area (Å²) in [6.45, 7) is 6.13. The van der Waals surface area contributed by atoms with Crippen LogP contribution in [-0.4, -0.2) is 48.1 Å². The molecule has 0 radical (unpaired) electrons. The number of benzene rings is 2. The lowest BCUT2D eigenvalue weighted by molar-refractivity contribution is 0.0592. The second-order valence-electron chi connectivity index (χ2n) is 8.14. The predicted octanol–water partition coefficient (Wildman–Crippen LogP) is 5.26. The molecule has 0 amide bonds. The Morgan fingerprint density at radius 2 is 1.69 bits per heavy atom. The molecule has 1 aliphatic carbocycles. The number of rotatable bonds is 4. The van der Waals surface area contributed by atoms with Crippen LogP contribution >= 0.6 is 0 Å². The Morgan fingerprint density at radius 3 is 2.41 bits per heavy atom. The van der Waals surface area contributed by atoms with Gasteiger partial charge in [-0.15, -0.1) is 0 Å². The minimum Gasteiger partial charge on any atom is -0.497 e. The van der Waals surface area contributed by atoms with Gasteiger partial charge in [0.2, 0.25) is 0 Å². The zero-order valence-corrected chi connectivity index (χ0v) is 18.2. The minimum atomic E-state index is -0.101. The van der Waals surface area contributed by atoms with Gasteiger partial charge in [0.15, 0.2) is 0 Å². The number of hydrogen-bond donors (Lipinski definition) is 2. The van der Waals surface area contributed by atoms with Crippen molar-refractivity contribution in [3.8, 4) is 5.75 Å². The fourth-order valence-electron chi connectivity index (χ4n) is 4.75. The van der Waals surface area contributed by atoms with Crippen molar-refractivity contribution in [2.24, 2.45) is 5.92 Å². The summed E-state index contributed by atoms with van der Waals surface area (Å²) in [5, 5.41) is 20.9. The standard InChI is InChI=1S/C23H30N2O2.C2H6/c1-27-22-11-6-16-13-18(5-4-17(16)14-22)23(24)19-3-2-12-25(15-19)20-7-9-21(26)10-8-20;1-2/h4-6,11,13-14,19-21,24,26H,2-3,7-10,12,15H2,1H3;1-2H3. The number of hydrogen-bond acceptors (Lipinski definition) is 4. The average Bonchev–Trinajstić information content (AvgIpc) is 2.79. The molecule has 2 N–H and O–H groups in total. The molecule has 4 rings (SSSR count). The molecule has 4 heteroatoms. The Balaban J connectivity index is 0.00000117. The molecule has 1 saturated carbocycles. The molecule has 0 bridgehead atoms. The highest BCUT2D eigenvalue weighted by atomic mass is 16.5. The Morgan fingerprint density at radius 1 is 1.00 bits per heavy atom. The number of methoxy groups -OCH3 is 1. The zero-order valence-electron chi connectivity index (χ0n) is 18.2. The van der Waals surface area contributed by atoms with E-state index in [2.05, 4.69) is 29.2 Å². The normalized spacial score (nSPS) is 25.2. The van der Waals surface area contributed by atoms with E-state index >= 15 is 0 Å². The van der Waals surface area contributed by atoms with Gasteiger partial charge < -0.3 is 15.3 Å². The molecule has 4 nitrogen and oxygen atoms in total. The van der Waals surface area contributed by atoms with Gasteiger partial charge in [-0.3, -0.25) is 4.90 Å². The van der Waals surface area contributed by atoms with E-state index in [-0.39, 0.29) is 6.10 Å². The second-order valence-corrected chi connectivity index (χ2v) is 8.14. The van der Waals surface area contributed by atoms with E-state index in [1.165, 1.54) is 0 Å². The van der Waals surface area contributed by atoms with Crippen molar-refractivity contribution in [2.75, 3.05) is 20.2 Å². The quantitative estimate of drug-likeness (QED) is 0.693. The monoisotopic (exact) mass is 396 g/mol. The van der Waals surface area contributed by atoms with E-state index in [0.29, 0.717) is 12.0 Å². The molecule has 29 heavy (non-hydrogen) atoms. The van der Waals surface area contributed by atoms with Gasteiger partial charge in [0, 0.05) is 24.2 Å². The first kappa shape index (κ1) is 21.8. The molecule has 2 fully saturated rings. The molecule has 0 aromatic heterocycles. The first-order valence-corrected chi connectivity index (χ1v) is 11.2. The van der Waals surface area contributed by atoms with Crippen molar-refractivity contribution in [3.05, 3.63) is 42.0 Å². The maximum Gasteiger partial charge on any atom is 0.119 e. The van der Waals surface area contributed by atoms with Gasteiger partial charge >= 0.3 is 0 Å². The number of fused-ring (bicyclic) bond motifs is 1. The van der Waals surface area contributed by atoms with E-state index in [1.807, 2.05) is 26.0 Å². The first-order chi connectivity index (χ1) is 14.1. The fraction of sp³-hybridized carbons (Fsp3) is 0.560. The number of aliphatic hydroxyl groups excluding tert-OH is 1. The van der Waals surface area contributed by atoms with Crippen molar-refractivity contribution in [3.63, 3.8) is 0 Å². The zero-order chi connectivity index (χ0) is 20.8. The maximum atomic E-state index is 9.77. The summed E-state index contributed by atoms with van der Waals surface area (Å²) in [6.07, 6.45) is 6.21. The molecule has 1 aliphatic heterocycles. The molecular weight excluding hydrogens is 360 g/mol. The van der Waals surface area contributed by atoms with Crippen LogP contribution in [0.2, 0.25) is 0 Å². The van der Waals surface area contributed by atoms with Crippen LogP contribution < -0.4 is 4.74 Å². The Bertz CT molecular complexity index is 812. The van der Waals surface area contributed by atoms with Crippen molar-refractivity contribution < 1.29 is 9.84 Å². The van der Waals surface area contributed by atoms with Crippen LogP contribution in [0.25, 0.3) is 10.8 Å². The summed E-state index contributed by atoms with van der Waals surface area (Å²) in [7, 11) is 1.69. The van der Waals surface area contributed by atoms with Gasteiger partial charge in [-0.2, -0.15) is 0 Å². The highest BCUT2D eigenvalue weighted by molar-refractivity contribution is 6.03. The predicted molar refractivity (Wildman–Crippen MR) is 121 cm³/mol. The Hall–Kier alpha value is -1.91. The molecule has 2 aromatic rings. The molecule has 1 saturated heterocycles. The van der Waals surface area contributed by atoms with Crippen LogP contribution in [0.1, 0.15) is 57.9 Å². The maximum absolute atomic E-state index is 9.77. The van der Waals surface area contributed by atoms with Gasteiger partial charge in [0.25, 0.3) is 0 Å². The van der Waals surface area contributed by atoms with E-state index in [0.717, 1.165) is 79.4 Å². The van der Waals surface area contributed by atoms with Crippen LogP contribution in [0.3, 0.4) is 0 Å². The van der Waals surface area contributed by atoms with Gasteiger partial charge in [-0.05, 0) is 79.6 Å². The largest absolute Gasteiger partial charge is 0.497 e. The lowest BCUT2D eigenvalue weighted by Crippen LogP contribution is -2.46. The van der Waals surface area contributed by atoms with Gasteiger partial charge in [0.05, 0.1) is 13.2 Å². The third-order valence-electron chi connectivity index (χ3n) is 6.40. The number of nitrogens with one attached hydrogen (secondary N) is 1. The molecule has 1 unspecified atom stereocenters. The molecule has 0 spiro atoms. The third-order valence-corrected chi connectivity index (χ3v) is 6.40. The van der Waals surface area contributed by atoms with E-state index < -0.39 is 0 Å². The number of piperidine rings is 1. The third kappa shape index (κ3) is 5.18. The topological polar surface area (TPSA) is 56.5 Å². The van der Waals surface area contributed by atoms with Gasteiger partial charge in [-0.1, -0.05) is 32.0 Å². The molecular formula is C25H36N2O2. The fourth-order valence-corrected chi connectivity index (χ4v) is 4.75. The van der Waals surface area contributed by atoms with Crippen LogP contribution in [0.15, 0.2) is 36.4 Å². The lowest BCUT2D eigenvalue weighted by atomic mass is 9.85.